The van der Waals surface area contributed by atoms with Crippen LogP contribution in [0.25, 0.3) is 0 Å². The molecule has 1 N–H and O–H groups in total. The van der Waals surface area contributed by atoms with Gasteiger partial charge in [0, 0.05) is 12.6 Å². The van der Waals surface area contributed by atoms with Crippen molar-refractivity contribution < 1.29 is 9.66 Å². The van der Waals surface area contributed by atoms with Crippen LogP contribution in [0.5, 0.6) is 11.6 Å². The minimum absolute atomic E-state index is 0.104. The molecule has 110 valence electrons. The summed E-state index contributed by atoms with van der Waals surface area (Å²) in [6.45, 7) is 4.44. The zero-order valence-electron chi connectivity index (χ0n) is 11.5. The molecule has 1 aromatic carbocycles. The number of anilines is 1. The van der Waals surface area contributed by atoms with Crippen molar-refractivity contribution in [3.8, 4) is 11.6 Å². The van der Waals surface area contributed by atoms with Gasteiger partial charge in [-0.3, -0.25) is 10.1 Å². The number of nitrogens with one attached hydrogen (secondary N) is 1. The zero-order chi connectivity index (χ0) is 15.4. The first-order chi connectivity index (χ1) is 10.0. The van der Waals surface area contributed by atoms with E-state index in [0.29, 0.717) is 23.8 Å². The fraction of sp³-hybridized carbons (Fsp3) is 0.231. The highest BCUT2D eigenvalue weighted by molar-refractivity contribution is 6.32. The number of rotatable bonds is 5. The van der Waals surface area contributed by atoms with E-state index in [1.807, 2.05) is 6.92 Å². The van der Waals surface area contributed by atoms with Crippen LogP contribution in [0.2, 0.25) is 5.02 Å². The van der Waals surface area contributed by atoms with Gasteiger partial charge in [-0.1, -0.05) is 11.6 Å². The maximum Gasteiger partial charge on any atom is 0.273 e. The van der Waals surface area contributed by atoms with Crippen LogP contribution in [0.3, 0.4) is 0 Å². The lowest BCUT2D eigenvalue weighted by atomic mass is 10.3. The summed E-state index contributed by atoms with van der Waals surface area (Å²) in [6, 6.07) is 3.99. The summed E-state index contributed by atoms with van der Waals surface area (Å²) in [6.07, 6.45) is 1.35. The Balaban J connectivity index is 2.36. The first kappa shape index (κ1) is 15.0. The number of nitro groups is 1. The van der Waals surface area contributed by atoms with Crippen molar-refractivity contribution in [3.05, 3.63) is 45.2 Å². The molecule has 0 saturated heterocycles. The molecule has 0 unspecified atom stereocenters. The number of ether oxygens (including phenoxy) is 1. The maximum absolute atomic E-state index is 10.8. The fourth-order valence-electron chi connectivity index (χ4n) is 1.67. The number of hydrogen-bond acceptors (Lipinski definition) is 6. The van der Waals surface area contributed by atoms with Gasteiger partial charge >= 0.3 is 0 Å². The van der Waals surface area contributed by atoms with Gasteiger partial charge in [0.15, 0.2) is 5.75 Å². The minimum atomic E-state index is -0.514. The van der Waals surface area contributed by atoms with E-state index < -0.39 is 4.92 Å². The normalized spacial score (nSPS) is 10.2. The van der Waals surface area contributed by atoms with Crippen LogP contribution in [-0.4, -0.2) is 21.4 Å². The summed E-state index contributed by atoms with van der Waals surface area (Å²) in [7, 11) is 0. The van der Waals surface area contributed by atoms with E-state index in [2.05, 4.69) is 15.3 Å². The Morgan fingerprint density at radius 1 is 1.43 bits per heavy atom. The van der Waals surface area contributed by atoms with Crippen LogP contribution in [0.15, 0.2) is 24.5 Å². The molecule has 8 heteroatoms. The second-order valence-corrected chi connectivity index (χ2v) is 4.56. The van der Waals surface area contributed by atoms with Gasteiger partial charge in [0.05, 0.1) is 21.6 Å². The van der Waals surface area contributed by atoms with E-state index in [4.69, 9.17) is 16.3 Å². The molecule has 0 aliphatic carbocycles. The lowest BCUT2D eigenvalue weighted by molar-refractivity contribution is -0.384. The second-order valence-electron chi connectivity index (χ2n) is 4.16. The quantitative estimate of drug-likeness (QED) is 0.670. The molecule has 0 fully saturated rings. The number of benzene rings is 1. The number of non-ortho nitro benzene ring substituents is 1. The third-order valence-corrected chi connectivity index (χ3v) is 3.03. The van der Waals surface area contributed by atoms with Gasteiger partial charge in [0.2, 0.25) is 5.88 Å². The van der Waals surface area contributed by atoms with Crippen molar-refractivity contribution in [1.82, 2.24) is 9.97 Å². The Morgan fingerprint density at radius 3 is 2.86 bits per heavy atom. The molecule has 0 bridgehead atoms. The predicted molar refractivity (Wildman–Crippen MR) is 79.1 cm³/mol. The molecule has 21 heavy (non-hydrogen) atoms. The molecule has 2 rings (SSSR count). The molecule has 0 saturated carbocycles. The van der Waals surface area contributed by atoms with Crippen LogP contribution in [0.4, 0.5) is 11.5 Å². The number of aromatic nitrogens is 2. The van der Waals surface area contributed by atoms with Gasteiger partial charge in [0.25, 0.3) is 5.69 Å². The Kier molecular flexibility index (Phi) is 4.54. The summed E-state index contributed by atoms with van der Waals surface area (Å²) >= 11 is 6.00. The van der Waals surface area contributed by atoms with Gasteiger partial charge in [-0.25, -0.2) is 9.97 Å². The lowest BCUT2D eigenvalue weighted by Crippen LogP contribution is -2.04. The van der Waals surface area contributed by atoms with Crippen molar-refractivity contribution in [2.45, 2.75) is 13.8 Å². The van der Waals surface area contributed by atoms with Crippen molar-refractivity contribution in [1.29, 1.82) is 0 Å². The van der Waals surface area contributed by atoms with Crippen LogP contribution in [0.1, 0.15) is 12.5 Å². The minimum Gasteiger partial charge on any atom is -0.437 e. The molecular weight excluding hydrogens is 296 g/mol. The lowest BCUT2D eigenvalue weighted by Gasteiger charge is -2.11. The first-order valence-corrected chi connectivity index (χ1v) is 6.58. The topological polar surface area (TPSA) is 90.2 Å². The summed E-state index contributed by atoms with van der Waals surface area (Å²) < 4.78 is 5.59. The standard InChI is InChI=1S/C13H13ClN4O3/c1-3-15-12-8(2)13(17-7-16-12)21-11-6-9(18(19)20)4-5-10(11)14/h4-7H,3H2,1-2H3,(H,15,16,17). The van der Waals surface area contributed by atoms with E-state index in [-0.39, 0.29) is 16.5 Å². The summed E-state index contributed by atoms with van der Waals surface area (Å²) in [5.74, 6) is 1.11. The van der Waals surface area contributed by atoms with Crippen LogP contribution in [-0.2, 0) is 0 Å². The molecule has 0 aliphatic rings. The zero-order valence-corrected chi connectivity index (χ0v) is 12.2. The highest BCUT2D eigenvalue weighted by atomic mass is 35.5. The predicted octanol–water partition coefficient (Wildman–Crippen LogP) is 3.57. The maximum atomic E-state index is 10.8. The van der Waals surface area contributed by atoms with E-state index in [1.165, 1.54) is 24.5 Å². The molecule has 0 amide bonds. The van der Waals surface area contributed by atoms with E-state index in [0.717, 1.165) is 0 Å². The molecule has 0 atom stereocenters. The molecule has 0 radical (unpaired) electrons. The molecule has 0 aliphatic heterocycles. The Morgan fingerprint density at radius 2 is 2.19 bits per heavy atom. The highest BCUT2D eigenvalue weighted by Crippen LogP contribution is 2.33. The third kappa shape index (κ3) is 3.38. The van der Waals surface area contributed by atoms with E-state index in [9.17, 15) is 10.1 Å². The Labute approximate surface area is 126 Å². The molecule has 1 heterocycles. The number of nitro benzene ring substituents is 1. The van der Waals surface area contributed by atoms with Gasteiger partial charge < -0.3 is 10.1 Å². The first-order valence-electron chi connectivity index (χ1n) is 6.20. The van der Waals surface area contributed by atoms with Crippen molar-refractivity contribution >= 4 is 23.1 Å². The molecule has 0 spiro atoms. The van der Waals surface area contributed by atoms with Gasteiger partial charge in [0.1, 0.15) is 12.1 Å². The van der Waals surface area contributed by atoms with E-state index >= 15 is 0 Å². The summed E-state index contributed by atoms with van der Waals surface area (Å²) in [4.78, 5) is 18.4. The third-order valence-electron chi connectivity index (χ3n) is 2.71. The van der Waals surface area contributed by atoms with E-state index in [1.54, 1.807) is 6.92 Å². The molecule has 7 nitrogen and oxygen atoms in total. The van der Waals surface area contributed by atoms with Crippen LogP contribution in [0, 0.1) is 17.0 Å². The SMILES string of the molecule is CCNc1ncnc(Oc2cc([N+](=O)[O-])ccc2Cl)c1C. The van der Waals surface area contributed by atoms with Crippen molar-refractivity contribution in [2.24, 2.45) is 0 Å². The summed E-state index contributed by atoms with van der Waals surface area (Å²) in [5.41, 5.74) is 0.593. The highest BCUT2D eigenvalue weighted by Gasteiger charge is 2.14. The average molecular weight is 309 g/mol. The fourth-order valence-corrected chi connectivity index (χ4v) is 1.83. The number of nitrogens with zero attached hydrogens (tertiary/aromatic N) is 3. The largest absolute Gasteiger partial charge is 0.437 e. The number of halogens is 1. The summed E-state index contributed by atoms with van der Waals surface area (Å²) in [5, 5.41) is 14.1. The van der Waals surface area contributed by atoms with Gasteiger partial charge in [-0.05, 0) is 19.9 Å². The average Bonchev–Trinajstić information content (AvgIpc) is 2.45. The molecule has 1 aromatic heterocycles. The molecular formula is C13H13ClN4O3. The smallest absolute Gasteiger partial charge is 0.273 e. The van der Waals surface area contributed by atoms with Crippen molar-refractivity contribution in [2.75, 3.05) is 11.9 Å². The molecule has 2 aromatic rings. The Hall–Kier alpha value is -2.41. The van der Waals surface area contributed by atoms with Crippen LogP contribution < -0.4 is 10.1 Å². The van der Waals surface area contributed by atoms with Gasteiger partial charge in [-0.2, -0.15) is 0 Å². The van der Waals surface area contributed by atoms with Gasteiger partial charge in [-0.15, -0.1) is 0 Å². The second kappa shape index (κ2) is 6.36. The Bertz CT molecular complexity index is 678. The van der Waals surface area contributed by atoms with Crippen molar-refractivity contribution in [3.63, 3.8) is 0 Å². The monoisotopic (exact) mass is 308 g/mol. The van der Waals surface area contributed by atoms with Crippen LogP contribution >= 0.6 is 11.6 Å². The number of hydrogen-bond donors (Lipinski definition) is 1.